The molecule has 0 saturated carbocycles. The van der Waals surface area contributed by atoms with Gasteiger partial charge < -0.3 is 10.6 Å². The van der Waals surface area contributed by atoms with Gasteiger partial charge in [0, 0.05) is 11.6 Å². The molecule has 1 unspecified atom stereocenters. The van der Waals surface area contributed by atoms with Crippen molar-refractivity contribution in [1.82, 2.24) is 5.32 Å². The molecule has 0 spiro atoms. The normalized spacial score (nSPS) is 23.2. The third kappa shape index (κ3) is 3.34. The third-order valence-corrected chi connectivity index (χ3v) is 4.21. The van der Waals surface area contributed by atoms with Crippen molar-refractivity contribution >= 4 is 46.4 Å². The zero-order valence-electron chi connectivity index (χ0n) is 10.5. The quantitative estimate of drug-likeness (QED) is 0.865. The molecular weight excluding hydrogens is 307 g/mol. The van der Waals surface area contributed by atoms with Gasteiger partial charge in [-0.25, -0.2) is 0 Å². The highest BCUT2D eigenvalue weighted by Crippen LogP contribution is 2.35. The predicted octanol–water partition coefficient (Wildman–Crippen LogP) is 3.98. The molecule has 1 saturated heterocycles. The molecule has 1 fully saturated rings. The Bertz CT molecular complexity index is 476. The van der Waals surface area contributed by atoms with Crippen molar-refractivity contribution in [2.75, 3.05) is 18.4 Å². The van der Waals surface area contributed by atoms with Crippen molar-refractivity contribution < 1.29 is 4.79 Å². The summed E-state index contributed by atoms with van der Waals surface area (Å²) in [6, 6.07) is 3.12. The monoisotopic (exact) mass is 320 g/mol. The first-order chi connectivity index (χ1) is 8.92. The lowest BCUT2D eigenvalue weighted by Gasteiger charge is -2.32. The third-order valence-electron chi connectivity index (χ3n) is 3.39. The molecule has 1 amide bonds. The van der Waals surface area contributed by atoms with E-state index in [-0.39, 0.29) is 5.91 Å². The smallest absolute Gasteiger partial charge is 0.231 e. The molecule has 1 aromatic carbocycles. The van der Waals surface area contributed by atoms with Crippen molar-refractivity contribution in [2.24, 2.45) is 5.41 Å². The summed E-state index contributed by atoms with van der Waals surface area (Å²) in [5, 5.41) is 7.18. The van der Waals surface area contributed by atoms with E-state index in [0.29, 0.717) is 27.3 Å². The first-order valence-electron chi connectivity index (χ1n) is 6.09. The fourth-order valence-corrected chi connectivity index (χ4v) is 3.09. The SMILES string of the molecule is CC1(C(=O)Nc2c(Cl)cc(Cl)cc2Cl)CCCNC1. The van der Waals surface area contributed by atoms with Crippen LogP contribution in [0, 0.1) is 5.41 Å². The Hall–Kier alpha value is -0.480. The number of carbonyl (C=O) groups excluding carboxylic acids is 1. The maximum atomic E-state index is 12.4. The first-order valence-corrected chi connectivity index (χ1v) is 7.22. The van der Waals surface area contributed by atoms with Gasteiger partial charge in [0.1, 0.15) is 0 Å². The zero-order chi connectivity index (χ0) is 14.0. The van der Waals surface area contributed by atoms with Gasteiger partial charge in [-0.3, -0.25) is 4.79 Å². The number of piperidine rings is 1. The minimum atomic E-state index is -0.440. The fraction of sp³-hybridized carbons (Fsp3) is 0.462. The molecule has 3 nitrogen and oxygen atoms in total. The standard InChI is InChI=1S/C13H15Cl3N2O/c1-13(3-2-4-17-7-13)12(19)18-11-9(15)5-8(14)6-10(11)16/h5-6,17H,2-4,7H2,1H3,(H,18,19). The van der Waals surface area contributed by atoms with Crippen LogP contribution in [0.15, 0.2) is 12.1 Å². The highest BCUT2D eigenvalue weighted by Gasteiger charge is 2.35. The fourth-order valence-electron chi connectivity index (χ4n) is 2.18. The van der Waals surface area contributed by atoms with E-state index in [4.69, 9.17) is 34.8 Å². The van der Waals surface area contributed by atoms with Crippen LogP contribution >= 0.6 is 34.8 Å². The lowest BCUT2D eigenvalue weighted by atomic mass is 9.82. The number of rotatable bonds is 2. The second-order valence-electron chi connectivity index (χ2n) is 5.04. The van der Waals surface area contributed by atoms with Crippen LogP contribution in [0.2, 0.25) is 15.1 Å². The van der Waals surface area contributed by atoms with Crippen molar-refractivity contribution in [3.63, 3.8) is 0 Å². The number of halogens is 3. The summed E-state index contributed by atoms with van der Waals surface area (Å²) in [4.78, 5) is 12.4. The van der Waals surface area contributed by atoms with Crippen molar-refractivity contribution in [3.05, 3.63) is 27.2 Å². The van der Waals surface area contributed by atoms with Gasteiger partial charge in [-0.05, 0) is 38.4 Å². The molecule has 19 heavy (non-hydrogen) atoms. The average Bonchev–Trinajstić information content (AvgIpc) is 2.34. The molecule has 1 atom stereocenters. The van der Waals surface area contributed by atoms with Gasteiger partial charge >= 0.3 is 0 Å². The number of anilines is 1. The molecule has 6 heteroatoms. The Kier molecular flexibility index (Phi) is 4.62. The topological polar surface area (TPSA) is 41.1 Å². The second kappa shape index (κ2) is 5.88. The van der Waals surface area contributed by atoms with Gasteiger partial charge in [-0.2, -0.15) is 0 Å². The highest BCUT2D eigenvalue weighted by atomic mass is 35.5. The minimum Gasteiger partial charge on any atom is -0.323 e. The van der Waals surface area contributed by atoms with Gasteiger partial charge in [0.2, 0.25) is 5.91 Å². The van der Waals surface area contributed by atoms with Gasteiger partial charge in [0.25, 0.3) is 0 Å². The molecule has 0 bridgehead atoms. The molecule has 0 aliphatic carbocycles. The van der Waals surface area contributed by atoms with Crippen molar-refractivity contribution in [1.29, 1.82) is 0 Å². The van der Waals surface area contributed by atoms with E-state index >= 15 is 0 Å². The Labute approximate surface area is 127 Å². The van der Waals surface area contributed by atoms with Crippen molar-refractivity contribution in [3.8, 4) is 0 Å². The molecule has 1 aromatic rings. The van der Waals surface area contributed by atoms with E-state index < -0.39 is 5.41 Å². The van der Waals surface area contributed by atoms with Crippen LogP contribution in [0.4, 0.5) is 5.69 Å². The lowest BCUT2D eigenvalue weighted by Crippen LogP contribution is -2.46. The molecule has 0 aromatic heterocycles. The van der Waals surface area contributed by atoms with E-state index in [0.717, 1.165) is 19.4 Å². The van der Waals surface area contributed by atoms with Crippen LogP contribution in [0.1, 0.15) is 19.8 Å². The summed E-state index contributed by atoms with van der Waals surface area (Å²) in [5.41, 5.74) is -0.0191. The highest BCUT2D eigenvalue weighted by molar-refractivity contribution is 6.42. The summed E-state index contributed by atoms with van der Waals surface area (Å²) in [6.07, 6.45) is 1.82. The summed E-state index contributed by atoms with van der Waals surface area (Å²) in [7, 11) is 0. The molecule has 1 aliphatic rings. The molecule has 2 rings (SSSR count). The molecule has 2 N–H and O–H groups in total. The number of hydrogen-bond acceptors (Lipinski definition) is 2. The molecular formula is C13H15Cl3N2O. The van der Waals surface area contributed by atoms with Gasteiger partial charge in [0.15, 0.2) is 0 Å². The summed E-state index contributed by atoms with van der Waals surface area (Å²) >= 11 is 18.0. The average molecular weight is 322 g/mol. The number of benzene rings is 1. The lowest BCUT2D eigenvalue weighted by molar-refractivity contribution is -0.125. The molecule has 1 heterocycles. The van der Waals surface area contributed by atoms with Crippen LogP contribution in [0.3, 0.4) is 0 Å². The van der Waals surface area contributed by atoms with E-state index in [9.17, 15) is 4.79 Å². The van der Waals surface area contributed by atoms with Gasteiger partial charge in [-0.15, -0.1) is 0 Å². The summed E-state index contributed by atoms with van der Waals surface area (Å²) in [6.45, 7) is 3.54. The van der Waals surface area contributed by atoms with Crippen LogP contribution in [0.5, 0.6) is 0 Å². The molecule has 1 aliphatic heterocycles. The van der Waals surface area contributed by atoms with Crippen molar-refractivity contribution in [2.45, 2.75) is 19.8 Å². The van der Waals surface area contributed by atoms with Crippen LogP contribution < -0.4 is 10.6 Å². The van der Waals surface area contributed by atoms with Gasteiger partial charge in [-0.1, -0.05) is 34.8 Å². The first kappa shape index (κ1) is 14.9. The van der Waals surface area contributed by atoms with E-state index in [1.54, 1.807) is 12.1 Å². The Morgan fingerprint density at radius 3 is 2.47 bits per heavy atom. The number of amides is 1. The maximum Gasteiger partial charge on any atom is 0.231 e. The second-order valence-corrected chi connectivity index (χ2v) is 6.29. The van der Waals surface area contributed by atoms with Crippen LogP contribution in [-0.2, 0) is 4.79 Å². The van der Waals surface area contributed by atoms with E-state index in [1.807, 2.05) is 6.92 Å². The number of nitrogens with one attached hydrogen (secondary N) is 2. The Balaban J connectivity index is 2.19. The zero-order valence-corrected chi connectivity index (χ0v) is 12.8. The maximum absolute atomic E-state index is 12.4. The van der Waals surface area contributed by atoms with Crippen LogP contribution in [-0.4, -0.2) is 19.0 Å². The molecule has 0 radical (unpaired) electrons. The number of carbonyl (C=O) groups is 1. The summed E-state index contributed by atoms with van der Waals surface area (Å²) < 4.78 is 0. The Morgan fingerprint density at radius 1 is 1.32 bits per heavy atom. The van der Waals surface area contributed by atoms with E-state index in [1.165, 1.54) is 0 Å². The predicted molar refractivity (Wildman–Crippen MR) is 80.3 cm³/mol. The van der Waals surface area contributed by atoms with Crippen LogP contribution in [0.25, 0.3) is 0 Å². The molecule has 104 valence electrons. The minimum absolute atomic E-state index is 0.0779. The van der Waals surface area contributed by atoms with Gasteiger partial charge in [0.05, 0.1) is 21.1 Å². The largest absolute Gasteiger partial charge is 0.323 e. The van der Waals surface area contributed by atoms with E-state index in [2.05, 4.69) is 10.6 Å². The Morgan fingerprint density at radius 2 is 1.95 bits per heavy atom. The summed E-state index contributed by atoms with van der Waals surface area (Å²) in [5.74, 6) is -0.0779. The number of hydrogen-bond donors (Lipinski definition) is 2.